The van der Waals surface area contributed by atoms with Gasteiger partial charge in [0.15, 0.2) is 0 Å². The average molecular weight is 481 g/mol. The van der Waals surface area contributed by atoms with Crippen LogP contribution in [0.5, 0.6) is 0 Å². The van der Waals surface area contributed by atoms with Gasteiger partial charge in [-0.05, 0) is 18.1 Å². The van der Waals surface area contributed by atoms with E-state index in [1.165, 1.54) is 4.90 Å². The van der Waals surface area contributed by atoms with Gasteiger partial charge in [0.2, 0.25) is 11.8 Å². The maximum absolute atomic E-state index is 14.2. The molecule has 35 heavy (non-hydrogen) atoms. The average Bonchev–Trinajstić information content (AvgIpc) is 3.17. The van der Waals surface area contributed by atoms with Gasteiger partial charge in [-0.15, -0.1) is 0 Å². The Morgan fingerprint density at radius 2 is 1.91 bits per heavy atom. The molecule has 1 aromatic rings. The maximum atomic E-state index is 14.2. The molecule has 6 atom stereocenters. The first kappa shape index (κ1) is 23.8. The number of hydrogen-bond acceptors (Lipinski definition) is 6. The Morgan fingerprint density at radius 3 is 2.66 bits per heavy atom. The van der Waals surface area contributed by atoms with Crippen molar-refractivity contribution in [2.24, 2.45) is 11.8 Å². The fourth-order valence-corrected chi connectivity index (χ4v) is 6.07. The third kappa shape index (κ3) is 3.79. The molecule has 186 valence electrons. The number of likely N-dealkylation sites (tertiary alicyclic amines) is 1. The summed E-state index contributed by atoms with van der Waals surface area (Å²) in [6, 6.07) is 7.45. The van der Waals surface area contributed by atoms with Gasteiger partial charge in [0, 0.05) is 13.1 Å². The molecule has 1 spiro atoms. The van der Waals surface area contributed by atoms with Crippen molar-refractivity contribution >= 4 is 17.8 Å². The van der Waals surface area contributed by atoms with Crippen LogP contribution in [0.4, 0.5) is 0 Å². The lowest BCUT2D eigenvalue weighted by molar-refractivity contribution is -0.155. The van der Waals surface area contributed by atoms with Crippen LogP contribution in [-0.2, 0) is 23.9 Å². The third-order valence-electron chi connectivity index (χ3n) is 7.66. The number of nitrogens with zero attached hydrogens (tertiary/aromatic N) is 2. The minimum absolute atomic E-state index is 0.125. The van der Waals surface area contributed by atoms with Gasteiger partial charge in [0.1, 0.15) is 24.2 Å². The van der Waals surface area contributed by atoms with Gasteiger partial charge < -0.3 is 24.4 Å². The van der Waals surface area contributed by atoms with Crippen LogP contribution < -0.4 is 0 Å². The Hall–Kier alpha value is -2.97. The number of unbranched alkanes of at least 4 members (excludes halogenated alkanes) is 2. The van der Waals surface area contributed by atoms with Gasteiger partial charge in [-0.25, -0.2) is 0 Å². The number of ether oxygens (including phenoxy) is 2. The van der Waals surface area contributed by atoms with Crippen molar-refractivity contribution in [3.05, 3.63) is 60.2 Å². The van der Waals surface area contributed by atoms with Crippen LogP contribution in [0.25, 0.3) is 0 Å². The van der Waals surface area contributed by atoms with E-state index in [1.54, 1.807) is 17.1 Å². The van der Waals surface area contributed by atoms with Crippen LogP contribution in [0.1, 0.15) is 37.8 Å². The SMILES string of the molecule is CCCCCN1CC=C[C@]23O[C@@H]4C=CCOC(=O)[C@@H]4[C@H]2C(=O)N([C@H](CO)c2ccccc2)C3C1=O. The first-order valence-corrected chi connectivity index (χ1v) is 12.5. The largest absolute Gasteiger partial charge is 0.461 e. The van der Waals surface area contributed by atoms with Crippen molar-refractivity contribution in [3.8, 4) is 0 Å². The lowest BCUT2D eigenvalue weighted by Crippen LogP contribution is -2.56. The van der Waals surface area contributed by atoms with Gasteiger partial charge in [0.25, 0.3) is 0 Å². The third-order valence-corrected chi connectivity index (χ3v) is 7.66. The van der Waals surface area contributed by atoms with E-state index in [1.807, 2.05) is 42.5 Å². The molecule has 0 radical (unpaired) electrons. The lowest BCUT2D eigenvalue weighted by atomic mass is 9.78. The van der Waals surface area contributed by atoms with E-state index >= 15 is 0 Å². The van der Waals surface area contributed by atoms with Gasteiger partial charge in [-0.2, -0.15) is 0 Å². The number of benzene rings is 1. The normalized spacial score (nSPS) is 32.6. The van der Waals surface area contributed by atoms with Gasteiger partial charge >= 0.3 is 5.97 Å². The number of aliphatic hydroxyl groups is 1. The quantitative estimate of drug-likeness (QED) is 0.364. The molecule has 2 saturated heterocycles. The minimum atomic E-state index is -1.31. The van der Waals surface area contributed by atoms with Crippen LogP contribution in [0, 0.1) is 11.8 Å². The number of aliphatic hydroxyl groups excluding tert-OH is 1. The summed E-state index contributed by atoms with van der Waals surface area (Å²) in [7, 11) is 0. The zero-order valence-electron chi connectivity index (χ0n) is 19.9. The molecule has 8 heteroatoms. The fraction of sp³-hybridized carbons (Fsp3) is 0.519. The van der Waals surface area contributed by atoms with E-state index in [-0.39, 0.29) is 25.0 Å². The number of amides is 2. The molecule has 0 aliphatic carbocycles. The number of cyclic esters (lactones) is 1. The summed E-state index contributed by atoms with van der Waals surface area (Å²) < 4.78 is 11.9. The fourth-order valence-electron chi connectivity index (χ4n) is 6.07. The molecule has 0 aromatic heterocycles. The van der Waals surface area contributed by atoms with Gasteiger partial charge in [-0.1, -0.05) is 68.3 Å². The minimum Gasteiger partial charge on any atom is -0.461 e. The second kappa shape index (κ2) is 9.59. The monoisotopic (exact) mass is 480 g/mol. The van der Waals surface area contributed by atoms with Crippen molar-refractivity contribution in [2.45, 2.75) is 50.0 Å². The molecule has 1 unspecified atom stereocenters. The molecule has 0 bridgehead atoms. The van der Waals surface area contributed by atoms with Gasteiger partial charge in [0.05, 0.1) is 24.7 Å². The number of hydrogen-bond donors (Lipinski definition) is 1. The zero-order valence-corrected chi connectivity index (χ0v) is 19.9. The first-order chi connectivity index (χ1) is 17.0. The summed E-state index contributed by atoms with van der Waals surface area (Å²) in [6.45, 7) is 2.85. The topological polar surface area (TPSA) is 96.4 Å². The van der Waals surface area contributed by atoms with E-state index in [0.717, 1.165) is 24.8 Å². The predicted molar refractivity (Wildman–Crippen MR) is 127 cm³/mol. The number of carbonyl (C=O) groups is 3. The van der Waals surface area contributed by atoms with E-state index in [0.29, 0.717) is 13.1 Å². The Kier molecular flexibility index (Phi) is 6.51. The Balaban J connectivity index is 1.62. The molecule has 5 rings (SSSR count). The van der Waals surface area contributed by atoms with Crippen LogP contribution >= 0.6 is 0 Å². The lowest BCUT2D eigenvalue weighted by Gasteiger charge is -2.38. The van der Waals surface area contributed by atoms with Crippen molar-refractivity contribution < 1.29 is 29.0 Å². The standard InChI is InChI=1S/C27H32N2O6/c1-2-3-7-14-28-15-9-13-27-22(21-20(35-27)12-8-16-34-26(21)33)24(31)29(23(27)25(28)32)19(17-30)18-10-5-4-6-11-18/h4-6,8-13,19-23,30H,2-3,7,14-17H2,1H3/t19-,20-,21+,22+,23?,27+/m1/s1. The number of carbonyl (C=O) groups excluding carboxylic acids is 3. The van der Waals surface area contributed by atoms with E-state index in [9.17, 15) is 19.5 Å². The summed E-state index contributed by atoms with van der Waals surface area (Å²) in [6.07, 6.45) is 9.40. The molecular weight excluding hydrogens is 448 g/mol. The summed E-state index contributed by atoms with van der Waals surface area (Å²) in [5.41, 5.74) is -0.594. The Bertz CT molecular complexity index is 1040. The number of fused-ring (bicyclic) bond motifs is 2. The highest BCUT2D eigenvalue weighted by atomic mass is 16.6. The van der Waals surface area contributed by atoms with E-state index in [2.05, 4.69) is 6.92 Å². The highest BCUT2D eigenvalue weighted by Crippen LogP contribution is 2.55. The smallest absolute Gasteiger partial charge is 0.313 e. The van der Waals surface area contributed by atoms with E-state index in [4.69, 9.17) is 9.47 Å². The molecule has 4 aliphatic rings. The first-order valence-electron chi connectivity index (χ1n) is 12.5. The highest BCUT2D eigenvalue weighted by molar-refractivity contribution is 5.99. The molecule has 4 heterocycles. The molecule has 4 aliphatic heterocycles. The summed E-state index contributed by atoms with van der Waals surface area (Å²) in [4.78, 5) is 44.5. The van der Waals surface area contributed by atoms with Crippen molar-refractivity contribution in [1.82, 2.24) is 9.80 Å². The van der Waals surface area contributed by atoms with Crippen LogP contribution in [0.3, 0.4) is 0 Å². The molecule has 2 fully saturated rings. The molecule has 2 amide bonds. The summed E-state index contributed by atoms with van der Waals surface area (Å²) in [5.74, 6) is -2.86. The van der Waals surface area contributed by atoms with Crippen LogP contribution in [-0.4, -0.2) is 76.7 Å². The van der Waals surface area contributed by atoms with E-state index < -0.39 is 41.6 Å². The van der Waals surface area contributed by atoms with Crippen molar-refractivity contribution in [1.29, 1.82) is 0 Å². The second-order valence-corrected chi connectivity index (χ2v) is 9.65. The number of esters is 1. The van der Waals surface area contributed by atoms with Gasteiger partial charge in [-0.3, -0.25) is 14.4 Å². The number of rotatable bonds is 7. The predicted octanol–water partition coefficient (Wildman–Crippen LogP) is 2.00. The molecule has 1 N–H and O–H groups in total. The highest BCUT2D eigenvalue weighted by Gasteiger charge is 2.72. The maximum Gasteiger partial charge on any atom is 0.313 e. The van der Waals surface area contributed by atoms with Crippen LogP contribution in [0.15, 0.2) is 54.6 Å². The van der Waals surface area contributed by atoms with Crippen LogP contribution in [0.2, 0.25) is 0 Å². The molecule has 8 nitrogen and oxygen atoms in total. The molecule has 0 saturated carbocycles. The molecule has 1 aromatic carbocycles. The summed E-state index contributed by atoms with van der Waals surface area (Å²) >= 11 is 0. The Labute approximate surface area is 205 Å². The Morgan fingerprint density at radius 1 is 1.11 bits per heavy atom. The summed E-state index contributed by atoms with van der Waals surface area (Å²) in [5, 5.41) is 10.5. The zero-order chi connectivity index (χ0) is 24.6. The van der Waals surface area contributed by atoms with Crippen molar-refractivity contribution in [2.75, 3.05) is 26.3 Å². The molecular formula is C27H32N2O6. The second-order valence-electron chi connectivity index (χ2n) is 9.65. The van der Waals surface area contributed by atoms with Crippen molar-refractivity contribution in [3.63, 3.8) is 0 Å².